The average molecular weight is 238 g/mol. The molecule has 3 heteroatoms. The van der Waals surface area contributed by atoms with Gasteiger partial charge in [0.05, 0.1) is 11.4 Å². The summed E-state index contributed by atoms with van der Waals surface area (Å²) < 4.78 is 0. The number of anilines is 2. The van der Waals surface area contributed by atoms with Gasteiger partial charge in [0.2, 0.25) is 0 Å². The topological polar surface area (TPSA) is 23.6 Å². The summed E-state index contributed by atoms with van der Waals surface area (Å²) in [6, 6.07) is 15.9. The molecule has 1 heterocycles. The Bertz CT molecular complexity index is 568. The zero-order valence-corrected chi connectivity index (χ0v) is 10.4. The molecule has 3 nitrogen and oxygen atoms in total. The predicted molar refractivity (Wildman–Crippen MR) is 74.1 cm³/mol. The van der Waals surface area contributed by atoms with Gasteiger partial charge in [-0.2, -0.15) is 0 Å². The number of nitrogens with zero attached hydrogens (tertiary/aromatic N) is 2. The number of rotatable bonds is 0. The van der Waals surface area contributed by atoms with Crippen molar-refractivity contribution in [2.24, 2.45) is 0 Å². The van der Waals surface area contributed by atoms with Crippen molar-refractivity contribution in [3.63, 3.8) is 0 Å². The van der Waals surface area contributed by atoms with Gasteiger partial charge in [-0.1, -0.05) is 36.4 Å². The number of benzene rings is 2. The van der Waals surface area contributed by atoms with E-state index in [4.69, 9.17) is 0 Å². The van der Waals surface area contributed by atoms with Crippen LogP contribution in [0.5, 0.6) is 0 Å². The van der Waals surface area contributed by atoms with Crippen LogP contribution in [0.1, 0.15) is 0 Å². The van der Waals surface area contributed by atoms with Crippen molar-refractivity contribution in [2.75, 3.05) is 23.9 Å². The maximum atomic E-state index is 12.3. The Hall–Kier alpha value is -2.29. The van der Waals surface area contributed by atoms with Crippen molar-refractivity contribution < 1.29 is 4.79 Å². The van der Waals surface area contributed by atoms with E-state index in [1.807, 2.05) is 50.5 Å². The van der Waals surface area contributed by atoms with Gasteiger partial charge in [-0.25, -0.2) is 4.79 Å². The fourth-order valence-electron chi connectivity index (χ4n) is 2.42. The van der Waals surface area contributed by atoms with E-state index in [1.54, 1.807) is 9.80 Å². The summed E-state index contributed by atoms with van der Waals surface area (Å²) in [7, 11) is 3.62. The molecule has 0 saturated heterocycles. The minimum absolute atomic E-state index is 0.0209. The molecule has 18 heavy (non-hydrogen) atoms. The predicted octanol–water partition coefficient (Wildman–Crippen LogP) is 3.36. The van der Waals surface area contributed by atoms with E-state index >= 15 is 0 Å². The van der Waals surface area contributed by atoms with Gasteiger partial charge in [0.15, 0.2) is 0 Å². The normalized spacial score (nSPS) is 14.0. The largest absolute Gasteiger partial charge is 0.328 e. The van der Waals surface area contributed by atoms with E-state index < -0.39 is 0 Å². The summed E-state index contributed by atoms with van der Waals surface area (Å²) >= 11 is 0. The van der Waals surface area contributed by atoms with Crippen LogP contribution in [-0.4, -0.2) is 20.1 Å². The van der Waals surface area contributed by atoms with E-state index in [2.05, 4.69) is 12.1 Å². The summed E-state index contributed by atoms with van der Waals surface area (Å²) in [5, 5.41) is 0. The molecule has 0 aromatic heterocycles. The summed E-state index contributed by atoms with van der Waals surface area (Å²) in [6.45, 7) is 0. The fourth-order valence-corrected chi connectivity index (χ4v) is 2.42. The number of amides is 2. The molecule has 0 atom stereocenters. The SMILES string of the molecule is CN1C(=O)N(C)c2ccccc2-c2ccccc21. The zero-order valence-electron chi connectivity index (χ0n) is 10.4. The highest BCUT2D eigenvalue weighted by molar-refractivity contribution is 6.10. The fraction of sp³-hybridized carbons (Fsp3) is 0.133. The Balaban J connectivity index is 2.36. The molecule has 1 aliphatic heterocycles. The quantitative estimate of drug-likeness (QED) is 0.690. The second kappa shape index (κ2) is 3.88. The highest BCUT2D eigenvalue weighted by Gasteiger charge is 2.26. The van der Waals surface area contributed by atoms with Gasteiger partial charge >= 0.3 is 6.03 Å². The maximum absolute atomic E-state index is 12.3. The summed E-state index contributed by atoms with van der Waals surface area (Å²) in [5.74, 6) is 0. The smallest absolute Gasteiger partial charge is 0.296 e. The third-order valence-corrected chi connectivity index (χ3v) is 3.39. The highest BCUT2D eigenvalue weighted by atomic mass is 16.2. The van der Waals surface area contributed by atoms with Crippen LogP contribution in [0, 0.1) is 0 Å². The molecule has 0 aliphatic carbocycles. The van der Waals surface area contributed by atoms with E-state index in [0.717, 1.165) is 22.5 Å². The second-order valence-corrected chi connectivity index (χ2v) is 4.43. The van der Waals surface area contributed by atoms with E-state index in [9.17, 15) is 4.79 Å². The van der Waals surface area contributed by atoms with Crippen LogP contribution in [0.2, 0.25) is 0 Å². The van der Waals surface area contributed by atoms with Crippen molar-refractivity contribution >= 4 is 17.4 Å². The lowest BCUT2D eigenvalue weighted by atomic mass is 10.0. The second-order valence-electron chi connectivity index (χ2n) is 4.43. The van der Waals surface area contributed by atoms with Crippen LogP contribution in [0.3, 0.4) is 0 Å². The van der Waals surface area contributed by atoms with E-state index in [0.29, 0.717) is 0 Å². The molecule has 0 spiro atoms. The van der Waals surface area contributed by atoms with Crippen molar-refractivity contribution in [1.82, 2.24) is 0 Å². The molecule has 90 valence electrons. The van der Waals surface area contributed by atoms with Gasteiger partial charge in [0, 0.05) is 25.2 Å². The molecule has 0 unspecified atom stereocenters. The van der Waals surface area contributed by atoms with Gasteiger partial charge < -0.3 is 0 Å². The van der Waals surface area contributed by atoms with Gasteiger partial charge in [-0.05, 0) is 12.1 Å². The molecule has 0 bridgehead atoms. The van der Waals surface area contributed by atoms with Gasteiger partial charge in [-0.3, -0.25) is 9.80 Å². The molecule has 0 radical (unpaired) electrons. The molecule has 2 amide bonds. The molecular formula is C15H14N2O. The first-order valence-electron chi connectivity index (χ1n) is 5.90. The molecule has 3 rings (SSSR count). The Labute approximate surface area is 106 Å². The molecule has 0 fully saturated rings. The highest BCUT2D eigenvalue weighted by Crippen LogP contribution is 2.39. The number of carbonyl (C=O) groups excluding carboxylic acids is 1. The van der Waals surface area contributed by atoms with Crippen LogP contribution in [-0.2, 0) is 0 Å². The van der Waals surface area contributed by atoms with Gasteiger partial charge in [0.1, 0.15) is 0 Å². The minimum Gasteiger partial charge on any atom is -0.296 e. The van der Waals surface area contributed by atoms with Crippen LogP contribution in [0.15, 0.2) is 48.5 Å². The van der Waals surface area contributed by atoms with Crippen LogP contribution >= 0.6 is 0 Å². The first-order chi connectivity index (χ1) is 8.70. The molecule has 0 saturated carbocycles. The Kier molecular flexibility index (Phi) is 2.33. The molecule has 1 aliphatic rings. The zero-order chi connectivity index (χ0) is 12.7. The lowest BCUT2D eigenvalue weighted by molar-refractivity contribution is 0.254. The van der Waals surface area contributed by atoms with Crippen LogP contribution in [0.25, 0.3) is 11.1 Å². The van der Waals surface area contributed by atoms with Crippen LogP contribution in [0.4, 0.5) is 16.2 Å². The van der Waals surface area contributed by atoms with Gasteiger partial charge in [0.25, 0.3) is 0 Å². The Morgan fingerprint density at radius 2 is 1.11 bits per heavy atom. The number of urea groups is 1. The Morgan fingerprint density at radius 3 is 1.56 bits per heavy atom. The standard InChI is InChI=1S/C15H14N2O/c1-16-13-9-5-3-7-11(13)12-8-4-6-10-14(12)17(2)15(16)18/h3-10H,1-2H3. The molecular weight excluding hydrogens is 224 g/mol. The van der Waals surface area contributed by atoms with Crippen molar-refractivity contribution in [3.05, 3.63) is 48.5 Å². The summed E-state index contributed by atoms with van der Waals surface area (Å²) in [4.78, 5) is 15.7. The first-order valence-corrected chi connectivity index (χ1v) is 5.90. The number of fused-ring (bicyclic) bond motifs is 3. The lowest BCUT2D eigenvalue weighted by Gasteiger charge is -2.22. The van der Waals surface area contributed by atoms with E-state index in [-0.39, 0.29) is 6.03 Å². The summed E-state index contributed by atoms with van der Waals surface area (Å²) in [6.07, 6.45) is 0. The average Bonchev–Trinajstić information content (AvgIpc) is 2.51. The number of para-hydroxylation sites is 2. The van der Waals surface area contributed by atoms with Crippen molar-refractivity contribution in [1.29, 1.82) is 0 Å². The van der Waals surface area contributed by atoms with Crippen molar-refractivity contribution in [3.8, 4) is 11.1 Å². The lowest BCUT2D eigenvalue weighted by Crippen LogP contribution is -2.37. The number of hydrogen-bond acceptors (Lipinski definition) is 1. The third-order valence-electron chi connectivity index (χ3n) is 3.39. The van der Waals surface area contributed by atoms with E-state index in [1.165, 1.54) is 0 Å². The molecule has 0 N–H and O–H groups in total. The molecule has 2 aromatic carbocycles. The van der Waals surface area contributed by atoms with Gasteiger partial charge in [-0.15, -0.1) is 0 Å². The number of hydrogen-bond donors (Lipinski definition) is 0. The maximum Gasteiger partial charge on any atom is 0.328 e. The monoisotopic (exact) mass is 238 g/mol. The van der Waals surface area contributed by atoms with Crippen molar-refractivity contribution in [2.45, 2.75) is 0 Å². The number of carbonyl (C=O) groups is 1. The first kappa shape index (κ1) is 10.8. The Morgan fingerprint density at radius 1 is 0.722 bits per heavy atom. The van der Waals surface area contributed by atoms with Crippen LogP contribution < -0.4 is 9.80 Å². The minimum atomic E-state index is -0.0209. The molecule has 2 aromatic rings. The summed E-state index contributed by atoms with van der Waals surface area (Å²) in [5.41, 5.74) is 4.07. The third kappa shape index (κ3) is 1.40.